The topological polar surface area (TPSA) is 51.2 Å². The second-order valence-corrected chi connectivity index (χ2v) is 6.44. The predicted octanol–water partition coefficient (Wildman–Crippen LogP) is 3.20. The fourth-order valence-corrected chi connectivity index (χ4v) is 2.88. The van der Waals surface area contributed by atoms with Crippen molar-refractivity contribution in [2.75, 3.05) is 0 Å². The molecule has 0 heterocycles. The van der Waals surface area contributed by atoms with Crippen molar-refractivity contribution in [2.24, 2.45) is 0 Å². The second kappa shape index (κ2) is 6.23. The molecule has 0 bridgehead atoms. The number of carbonyl (C=O) groups is 1. The Kier molecular flexibility index (Phi) is 5.17. The fraction of sp³-hybridized carbons (Fsp3) is 0.462. The molecule has 1 aromatic rings. The Balaban J connectivity index is 2.73. The van der Waals surface area contributed by atoms with E-state index in [1.807, 2.05) is 0 Å². The molecule has 0 atom stereocenters. The van der Waals surface area contributed by atoms with Crippen molar-refractivity contribution < 1.29 is 22.0 Å². The van der Waals surface area contributed by atoms with Crippen molar-refractivity contribution in [3.05, 3.63) is 30.3 Å². The average molecular weight is 290 g/mol. The molecule has 19 heavy (non-hydrogen) atoms. The first-order chi connectivity index (χ1) is 8.77. The predicted molar refractivity (Wildman–Crippen MR) is 67.7 cm³/mol. The van der Waals surface area contributed by atoms with Crippen LogP contribution in [0.1, 0.15) is 32.6 Å². The molecule has 0 aliphatic heterocycles. The summed E-state index contributed by atoms with van der Waals surface area (Å²) < 4.78 is 51.0. The lowest BCUT2D eigenvalue weighted by molar-refractivity contribution is -0.117. The number of benzene rings is 1. The van der Waals surface area contributed by atoms with Crippen molar-refractivity contribution in [1.29, 1.82) is 0 Å². The van der Waals surface area contributed by atoms with Gasteiger partial charge in [-0.3, -0.25) is 0 Å². The number of hydrogen-bond donors (Lipinski definition) is 0. The summed E-state index contributed by atoms with van der Waals surface area (Å²) in [6.45, 7) is 1.37. The van der Waals surface area contributed by atoms with Crippen LogP contribution in [-0.2, 0) is 14.6 Å². The van der Waals surface area contributed by atoms with Crippen LogP contribution in [0.5, 0.6) is 0 Å². The van der Waals surface area contributed by atoms with Crippen LogP contribution in [0.15, 0.2) is 35.2 Å². The van der Waals surface area contributed by atoms with Crippen LogP contribution >= 0.6 is 0 Å². The zero-order valence-electron chi connectivity index (χ0n) is 10.6. The summed E-state index contributed by atoms with van der Waals surface area (Å²) in [4.78, 5) is 10.3. The Morgan fingerprint density at radius 1 is 1.16 bits per heavy atom. The van der Waals surface area contributed by atoms with Crippen molar-refractivity contribution in [3.8, 4) is 0 Å². The molecule has 3 nitrogen and oxygen atoms in total. The highest BCUT2D eigenvalue weighted by Crippen LogP contribution is 2.33. The summed E-state index contributed by atoms with van der Waals surface area (Å²) in [6.07, 6.45) is -0.299. The number of hydrogen-bond acceptors (Lipinski definition) is 3. The van der Waals surface area contributed by atoms with E-state index in [0.29, 0.717) is 0 Å². The van der Waals surface area contributed by atoms with E-state index >= 15 is 0 Å². The molecule has 0 aromatic heterocycles. The van der Waals surface area contributed by atoms with Gasteiger partial charge in [0.05, 0.1) is 4.90 Å². The molecule has 1 aromatic carbocycles. The Hall–Kier alpha value is -1.30. The van der Waals surface area contributed by atoms with Crippen molar-refractivity contribution in [2.45, 2.75) is 42.8 Å². The third-order valence-corrected chi connectivity index (χ3v) is 4.58. The molecule has 0 N–H and O–H groups in total. The van der Waals surface area contributed by atoms with Crippen LogP contribution in [0.2, 0.25) is 0 Å². The fourth-order valence-electron chi connectivity index (χ4n) is 1.61. The molecule has 1 rings (SSSR count). The first kappa shape index (κ1) is 15.8. The van der Waals surface area contributed by atoms with E-state index in [1.165, 1.54) is 19.1 Å². The van der Waals surface area contributed by atoms with Gasteiger partial charge in [-0.05, 0) is 31.9 Å². The molecule has 0 spiro atoms. The number of alkyl halides is 2. The summed E-state index contributed by atoms with van der Waals surface area (Å²) in [5.74, 6) is -0.0887. The van der Waals surface area contributed by atoms with Crippen molar-refractivity contribution in [3.63, 3.8) is 0 Å². The molecular weight excluding hydrogens is 274 g/mol. The number of halogens is 2. The molecule has 0 aliphatic carbocycles. The van der Waals surface area contributed by atoms with E-state index in [2.05, 4.69) is 0 Å². The third-order valence-electron chi connectivity index (χ3n) is 2.69. The molecule has 6 heteroatoms. The lowest BCUT2D eigenvalue weighted by Crippen LogP contribution is -2.28. The lowest BCUT2D eigenvalue weighted by Gasteiger charge is -2.16. The largest absolute Gasteiger partial charge is 0.350 e. The second-order valence-electron chi connectivity index (χ2n) is 4.36. The Labute approximate surface area is 111 Å². The number of ketones is 1. The maximum Gasteiger partial charge on any atom is 0.350 e. The van der Waals surface area contributed by atoms with E-state index in [-0.39, 0.29) is 29.9 Å². The normalized spacial score (nSPS) is 12.4. The van der Waals surface area contributed by atoms with Gasteiger partial charge >= 0.3 is 5.25 Å². The summed E-state index contributed by atoms with van der Waals surface area (Å²) >= 11 is 0. The minimum absolute atomic E-state index is 0.00135. The first-order valence-electron chi connectivity index (χ1n) is 5.94. The number of unbranched alkanes of at least 4 members (excludes halogenated alkanes) is 1. The molecule has 0 fully saturated rings. The number of Topliss-reactive ketones (excluding diaryl/α,β-unsaturated/α-hetero) is 1. The van der Waals surface area contributed by atoms with Gasteiger partial charge in [-0.15, -0.1) is 0 Å². The molecule has 0 amide bonds. The summed E-state index contributed by atoms with van der Waals surface area (Å²) in [5.41, 5.74) is 0. The first-order valence-corrected chi connectivity index (χ1v) is 7.42. The zero-order valence-corrected chi connectivity index (χ0v) is 11.4. The van der Waals surface area contributed by atoms with Gasteiger partial charge in [0.25, 0.3) is 0 Å². The smallest absolute Gasteiger partial charge is 0.300 e. The summed E-state index contributed by atoms with van der Waals surface area (Å²) in [7, 11) is -4.66. The highest BCUT2D eigenvalue weighted by molar-refractivity contribution is 7.92. The molecule has 0 aliphatic rings. The summed E-state index contributed by atoms with van der Waals surface area (Å²) in [5, 5.41) is -3.80. The van der Waals surface area contributed by atoms with E-state index in [0.717, 1.165) is 12.1 Å². The van der Waals surface area contributed by atoms with Gasteiger partial charge in [-0.2, -0.15) is 8.78 Å². The number of carbonyl (C=O) groups excluding carboxylic acids is 1. The number of sulfone groups is 1. The SMILES string of the molecule is CC(=O)CCCCC(F)(F)S(=O)(=O)c1ccccc1. The van der Waals surface area contributed by atoms with E-state index in [4.69, 9.17) is 0 Å². The monoisotopic (exact) mass is 290 g/mol. The van der Waals surface area contributed by atoms with Crippen LogP contribution in [0.25, 0.3) is 0 Å². The van der Waals surface area contributed by atoms with Gasteiger partial charge in [-0.25, -0.2) is 8.42 Å². The third kappa shape index (κ3) is 4.09. The Bertz CT molecular complexity index is 524. The van der Waals surface area contributed by atoms with Gasteiger partial charge in [0.1, 0.15) is 5.78 Å². The highest BCUT2D eigenvalue weighted by Gasteiger charge is 2.45. The zero-order chi connectivity index (χ0) is 14.5. The quantitative estimate of drug-likeness (QED) is 0.725. The van der Waals surface area contributed by atoms with Gasteiger partial charge in [0, 0.05) is 12.8 Å². The minimum Gasteiger partial charge on any atom is -0.300 e. The van der Waals surface area contributed by atoms with Crippen LogP contribution in [0, 0.1) is 0 Å². The average Bonchev–Trinajstić information content (AvgIpc) is 2.35. The minimum atomic E-state index is -4.66. The molecule has 0 saturated carbocycles. The Morgan fingerprint density at radius 2 is 1.74 bits per heavy atom. The number of rotatable bonds is 7. The molecule has 0 saturated heterocycles. The van der Waals surface area contributed by atoms with Gasteiger partial charge in [0.2, 0.25) is 9.84 Å². The van der Waals surface area contributed by atoms with Crippen molar-refractivity contribution in [1.82, 2.24) is 0 Å². The maximum absolute atomic E-state index is 13.7. The maximum atomic E-state index is 13.7. The van der Waals surface area contributed by atoms with Crippen molar-refractivity contribution >= 4 is 15.6 Å². The molecule has 106 valence electrons. The van der Waals surface area contributed by atoms with Crippen LogP contribution < -0.4 is 0 Å². The van der Waals surface area contributed by atoms with E-state index in [1.54, 1.807) is 6.07 Å². The molecule has 0 unspecified atom stereocenters. The van der Waals surface area contributed by atoms with Crippen LogP contribution in [0.4, 0.5) is 8.78 Å². The van der Waals surface area contributed by atoms with E-state index < -0.39 is 21.5 Å². The lowest BCUT2D eigenvalue weighted by atomic mass is 10.1. The van der Waals surface area contributed by atoms with Crippen LogP contribution in [-0.4, -0.2) is 19.5 Å². The molecular formula is C13H16F2O3S. The summed E-state index contributed by atoms with van der Waals surface area (Å²) in [6, 6.07) is 6.67. The van der Waals surface area contributed by atoms with E-state index in [9.17, 15) is 22.0 Å². The van der Waals surface area contributed by atoms with Gasteiger partial charge in [-0.1, -0.05) is 18.2 Å². The van der Waals surface area contributed by atoms with Gasteiger partial charge < -0.3 is 4.79 Å². The molecule has 0 radical (unpaired) electrons. The van der Waals surface area contributed by atoms with Crippen LogP contribution in [0.3, 0.4) is 0 Å². The highest BCUT2D eigenvalue weighted by atomic mass is 32.2. The standard InChI is InChI=1S/C13H16F2O3S/c1-11(16)7-5-6-10-13(14,15)19(17,18)12-8-3-2-4-9-12/h2-4,8-9H,5-7,10H2,1H3. The Morgan fingerprint density at radius 3 is 2.26 bits per heavy atom. The van der Waals surface area contributed by atoms with Gasteiger partial charge in [0.15, 0.2) is 0 Å².